The number of benzene rings is 2. The van der Waals surface area contributed by atoms with Crippen molar-refractivity contribution in [1.82, 2.24) is 20.2 Å². The van der Waals surface area contributed by atoms with Crippen LogP contribution in [0, 0.1) is 6.92 Å². The van der Waals surface area contributed by atoms with Crippen molar-refractivity contribution in [2.45, 2.75) is 50.4 Å². The molecular formula is C22H27N5O2S. The summed E-state index contributed by atoms with van der Waals surface area (Å²) in [5, 5.41) is 15.2. The number of methoxy groups -OCH3 is 1. The Bertz CT molecular complexity index is 1020. The number of carbonyl (C=O) groups is 1. The fourth-order valence-corrected chi connectivity index (χ4v) is 3.88. The highest BCUT2D eigenvalue weighted by molar-refractivity contribution is 8.00. The van der Waals surface area contributed by atoms with Crippen LogP contribution in [0.3, 0.4) is 0 Å². The number of carbonyl (C=O) groups excluding carboxylic acids is 1. The zero-order chi connectivity index (χ0) is 21.7. The molecule has 0 unspecified atom stereocenters. The number of ether oxygens (including phenoxy) is 1. The molecule has 3 rings (SSSR count). The quantitative estimate of drug-likeness (QED) is 0.531. The number of rotatable bonds is 8. The van der Waals surface area contributed by atoms with Crippen LogP contribution >= 0.6 is 11.8 Å². The number of nitrogens with one attached hydrogen (secondary N) is 1. The average molecular weight is 426 g/mol. The van der Waals surface area contributed by atoms with Gasteiger partial charge in [-0.3, -0.25) is 4.79 Å². The summed E-state index contributed by atoms with van der Waals surface area (Å²) in [6.07, 6.45) is 1.00. The van der Waals surface area contributed by atoms with E-state index in [2.05, 4.69) is 40.8 Å². The largest absolute Gasteiger partial charge is 0.494 e. The second-order valence-electron chi connectivity index (χ2n) is 7.19. The SMILES string of the molecule is CC[C@@H](C)c1ccccc1NC(=O)[C@@H](C)Sc1nnnn1-c1cc(C)ccc1OC. The zero-order valence-electron chi connectivity index (χ0n) is 17.9. The maximum atomic E-state index is 12.9. The molecular weight excluding hydrogens is 398 g/mol. The summed E-state index contributed by atoms with van der Waals surface area (Å²) in [7, 11) is 1.61. The van der Waals surface area contributed by atoms with E-state index in [9.17, 15) is 4.79 Å². The molecule has 1 N–H and O–H groups in total. The minimum Gasteiger partial charge on any atom is -0.494 e. The molecule has 2 atom stereocenters. The van der Waals surface area contributed by atoms with Crippen molar-refractivity contribution in [2.75, 3.05) is 12.4 Å². The molecule has 0 saturated heterocycles. The number of hydrogen-bond acceptors (Lipinski definition) is 6. The van der Waals surface area contributed by atoms with Crippen molar-refractivity contribution >= 4 is 23.4 Å². The standard InChI is InChI=1S/C22H27N5O2S/c1-6-15(3)17-9-7-8-10-18(17)23-21(28)16(4)30-22-24-25-26-27(22)19-13-14(2)11-12-20(19)29-5/h7-13,15-16H,6H2,1-5H3,(H,23,28)/t15-,16-/m1/s1. The second kappa shape index (κ2) is 9.75. The minimum atomic E-state index is -0.393. The Morgan fingerprint density at radius 3 is 2.73 bits per heavy atom. The maximum Gasteiger partial charge on any atom is 0.237 e. The lowest BCUT2D eigenvalue weighted by Gasteiger charge is -2.17. The van der Waals surface area contributed by atoms with Crippen LogP contribution in [0.1, 0.15) is 44.2 Å². The molecule has 2 aromatic carbocycles. The predicted molar refractivity (Wildman–Crippen MR) is 120 cm³/mol. The highest BCUT2D eigenvalue weighted by atomic mass is 32.2. The molecule has 0 aliphatic carbocycles. The third-order valence-electron chi connectivity index (χ3n) is 5.02. The van der Waals surface area contributed by atoms with E-state index in [4.69, 9.17) is 4.74 Å². The van der Waals surface area contributed by atoms with Crippen LogP contribution in [0.5, 0.6) is 5.75 Å². The Balaban J connectivity index is 1.79. The molecule has 8 heteroatoms. The number of para-hydroxylation sites is 1. The second-order valence-corrected chi connectivity index (χ2v) is 8.50. The Hall–Kier alpha value is -2.87. The van der Waals surface area contributed by atoms with Crippen molar-refractivity contribution in [2.24, 2.45) is 0 Å². The van der Waals surface area contributed by atoms with E-state index < -0.39 is 5.25 Å². The molecule has 1 heterocycles. The van der Waals surface area contributed by atoms with E-state index in [0.29, 0.717) is 16.8 Å². The van der Waals surface area contributed by atoms with E-state index >= 15 is 0 Å². The highest BCUT2D eigenvalue weighted by Gasteiger charge is 2.22. The van der Waals surface area contributed by atoms with Crippen LogP contribution in [-0.4, -0.2) is 38.5 Å². The summed E-state index contributed by atoms with van der Waals surface area (Å²) < 4.78 is 7.06. The van der Waals surface area contributed by atoms with Gasteiger partial charge in [0.25, 0.3) is 0 Å². The van der Waals surface area contributed by atoms with Crippen LogP contribution in [0.15, 0.2) is 47.6 Å². The van der Waals surface area contributed by atoms with Crippen molar-refractivity contribution in [1.29, 1.82) is 0 Å². The maximum absolute atomic E-state index is 12.9. The Morgan fingerprint density at radius 2 is 2.00 bits per heavy atom. The van der Waals surface area contributed by atoms with E-state index in [1.54, 1.807) is 11.8 Å². The number of tetrazole rings is 1. The Kier molecular flexibility index (Phi) is 7.10. The van der Waals surface area contributed by atoms with Crippen molar-refractivity contribution in [3.63, 3.8) is 0 Å². The number of nitrogens with zero attached hydrogens (tertiary/aromatic N) is 4. The molecule has 0 spiro atoms. The van der Waals surface area contributed by atoms with Crippen LogP contribution in [0.4, 0.5) is 5.69 Å². The summed E-state index contributed by atoms with van der Waals surface area (Å²) in [5.74, 6) is 0.932. The van der Waals surface area contributed by atoms with Crippen LogP contribution in [0.2, 0.25) is 0 Å². The van der Waals surface area contributed by atoms with Gasteiger partial charge in [0.05, 0.1) is 12.4 Å². The molecule has 0 aliphatic rings. The van der Waals surface area contributed by atoms with Gasteiger partial charge in [0.1, 0.15) is 11.4 Å². The number of amides is 1. The van der Waals surface area contributed by atoms with Gasteiger partial charge in [0.2, 0.25) is 11.1 Å². The normalized spacial score (nSPS) is 13.0. The lowest BCUT2D eigenvalue weighted by molar-refractivity contribution is -0.115. The van der Waals surface area contributed by atoms with Gasteiger partial charge in [-0.1, -0.05) is 49.9 Å². The smallest absolute Gasteiger partial charge is 0.237 e. The molecule has 3 aromatic rings. The van der Waals surface area contributed by atoms with Crippen LogP contribution in [0.25, 0.3) is 5.69 Å². The van der Waals surface area contributed by atoms with Crippen molar-refractivity contribution in [3.05, 3.63) is 53.6 Å². The lowest BCUT2D eigenvalue weighted by Crippen LogP contribution is -2.23. The molecule has 0 saturated carbocycles. The van der Waals surface area contributed by atoms with Crippen molar-refractivity contribution in [3.8, 4) is 11.4 Å². The first-order valence-electron chi connectivity index (χ1n) is 9.94. The summed E-state index contributed by atoms with van der Waals surface area (Å²) >= 11 is 1.30. The number of aromatic nitrogens is 4. The van der Waals surface area contributed by atoms with Gasteiger partial charge in [-0.25, -0.2) is 0 Å². The predicted octanol–water partition coefficient (Wildman–Crippen LogP) is 4.61. The first-order chi connectivity index (χ1) is 14.4. The van der Waals surface area contributed by atoms with Gasteiger partial charge in [-0.15, -0.1) is 5.10 Å². The molecule has 0 fully saturated rings. The van der Waals surface area contributed by atoms with E-state index in [0.717, 1.165) is 28.9 Å². The number of aryl methyl sites for hydroxylation is 1. The molecule has 1 aromatic heterocycles. The number of anilines is 1. The third-order valence-corrected chi connectivity index (χ3v) is 6.05. The zero-order valence-corrected chi connectivity index (χ0v) is 18.7. The molecule has 158 valence electrons. The third kappa shape index (κ3) is 4.81. The van der Waals surface area contributed by atoms with Gasteiger partial charge in [-0.2, -0.15) is 4.68 Å². The average Bonchev–Trinajstić information content (AvgIpc) is 3.21. The van der Waals surface area contributed by atoms with Crippen LogP contribution < -0.4 is 10.1 Å². The molecule has 1 amide bonds. The van der Waals surface area contributed by atoms with Gasteiger partial charge in [0, 0.05) is 5.69 Å². The first-order valence-corrected chi connectivity index (χ1v) is 10.8. The fraction of sp³-hybridized carbons (Fsp3) is 0.364. The van der Waals surface area contributed by atoms with Gasteiger partial charge >= 0.3 is 0 Å². The highest BCUT2D eigenvalue weighted by Crippen LogP contribution is 2.30. The molecule has 0 aliphatic heterocycles. The fourth-order valence-electron chi connectivity index (χ4n) is 3.08. The number of hydrogen-bond donors (Lipinski definition) is 1. The summed E-state index contributed by atoms with van der Waals surface area (Å²) in [5.41, 5.74) is 3.79. The molecule has 30 heavy (non-hydrogen) atoms. The monoisotopic (exact) mass is 425 g/mol. The van der Waals surface area contributed by atoms with E-state index in [1.807, 2.05) is 50.2 Å². The number of thioether (sulfide) groups is 1. The summed E-state index contributed by atoms with van der Waals surface area (Å²) in [6.45, 7) is 8.14. The van der Waals surface area contributed by atoms with E-state index in [-0.39, 0.29) is 5.91 Å². The molecule has 0 radical (unpaired) electrons. The molecule has 7 nitrogen and oxygen atoms in total. The van der Waals surface area contributed by atoms with Crippen LogP contribution in [-0.2, 0) is 4.79 Å². The Labute approximate surface area is 181 Å². The molecule has 0 bridgehead atoms. The lowest BCUT2D eigenvalue weighted by atomic mass is 9.97. The van der Waals surface area contributed by atoms with Gasteiger partial charge < -0.3 is 10.1 Å². The van der Waals surface area contributed by atoms with Gasteiger partial charge in [-0.05, 0) is 65.9 Å². The summed E-state index contributed by atoms with van der Waals surface area (Å²) in [4.78, 5) is 12.9. The summed E-state index contributed by atoms with van der Waals surface area (Å²) in [6, 6.07) is 13.7. The first kappa shape index (κ1) is 21.8. The van der Waals surface area contributed by atoms with Gasteiger partial charge in [0.15, 0.2) is 0 Å². The topological polar surface area (TPSA) is 81.9 Å². The van der Waals surface area contributed by atoms with E-state index in [1.165, 1.54) is 11.8 Å². The van der Waals surface area contributed by atoms with Crippen molar-refractivity contribution < 1.29 is 9.53 Å². The minimum absolute atomic E-state index is 0.0958. The Morgan fingerprint density at radius 1 is 1.23 bits per heavy atom.